The fourth-order valence-corrected chi connectivity index (χ4v) is 4.37. The van der Waals surface area contributed by atoms with E-state index in [1.54, 1.807) is 11.1 Å². The molecular weight excluding hydrogens is 408 g/mol. The number of nitrogens with zero attached hydrogens (tertiary/aromatic N) is 2. The van der Waals surface area contributed by atoms with E-state index < -0.39 is 13.9 Å². The number of amides is 1. The van der Waals surface area contributed by atoms with Crippen LogP contribution in [-0.4, -0.2) is 68.9 Å². The highest BCUT2D eigenvalue weighted by atomic mass is 28.4. The van der Waals surface area contributed by atoms with Crippen molar-refractivity contribution < 1.29 is 18.8 Å². The fourth-order valence-electron chi connectivity index (χ4n) is 3.32. The predicted octanol–water partition coefficient (Wildman–Crippen LogP) is 5.77. The molecule has 1 amide bonds. The van der Waals surface area contributed by atoms with E-state index >= 15 is 0 Å². The third kappa shape index (κ3) is 8.37. The van der Waals surface area contributed by atoms with Crippen LogP contribution in [0.25, 0.3) is 0 Å². The van der Waals surface area contributed by atoms with Crippen LogP contribution < -0.4 is 0 Å². The van der Waals surface area contributed by atoms with E-state index in [0.717, 1.165) is 12.8 Å². The van der Waals surface area contributed by atoms with Crippen LogP contribution >= 0.6 is 0 Å². The van der Waals surface area contributed by atoms with Crippen molar-refractivity contribution in [2.45, 2.75) is 97.1 Å². The maximum absolute atomic E-state index is 13.1. The van der Waals surface area contributed by atoms with Crippen LogP contribution in [0.3, 0.4) is 0 Å². The second-order valence-electron chi connectivity index (χ2n) is 10.9. The molecule has 0 aromatic rings. The highest BCUT2D eigenvalue weighted by Crippen LogP contribution is 2.37. The van der Waals surface area contributed by atoms with Gasteiger partial charge in [-0.1, -0.05) is 39.8 Å². The number of carbonyl (C=O) groups excluding carboxylic acids is 1. The lowest BCUT2D eigenvalue weighted by atomic mass is 9.93. The van der Waals surface area contributed by atoms with Gasteiger partial charge in [-0.15, -0.1) is 6.58 Å². The zero-order chi connectivity index (χ0) is 24.0. The SMILES string of the molecule is C=CCON(C)[C@@H]1C=C(CCO[Si](C)(C)C(C)(C)C)[C@@H](CC)N(C(=O)OC(C)(C)C)C1. The minimum Gasteiger partial charge on any atom is -0.444 e. The Kier molecular flexibility index (Phi) is 10.0. The maximum atomic E-state index is 13.1. The van der Waals surface area contributed by atoms with Crippen LogP contribution in [0.4, 0.5) is 4.79 Å². The third-order valence-corrected chi connectivity index (χ3v) is 10.7. The van der Waals surface area contributed by atoms with Crippen LogP contribution in [0.2, 0.25) is 18.1 Å². The summed E-state index contributed by atoms with van der Waals surface area (Å²) in [5.74, 6) is 0. The Balaban J connectivity index is 3.09. The molecule has 2 atom stereocenters. The van der Waals surface area contributed by atoms with Crippen LogP contribution in [0.1, 0.15) is 61.3 Å². The summed E-state index contributed by atoms with van der Waals surface area (Å²) in [6.07, 6.45) is 5.30. The van der Waals surface area contributed by atoms with Gasteiger partial charge in [0.1, 0.15) is 5.60 Å². The second-order valence-corrected chi connectivity index (χ2v) is 15.7. The minimum absolute atomic E-state index is 0.00178. The first-order valence-electron chi connectivity index (χ1n) is 11.4. The number of hydrogen-bond acceptors (Lipinski definition) is 5. The molecule has 1 heterocycles. The quantitative estimate of drug-likeness (QED) is 0.251. The van der Waals surface area contributed by atoms with Gasteiger partial charge in [0.15, 0.2) is 8.32 Å². The van der Waals surface area contributed by atoms with E-state index in [1.165, 1.54) is 5.57 Å². The molecule has 0 saturated heterocycles. The molecule has 0 aromatic carbocycles. The summed E-state index contributed by atoms with van der Waals surface area (Å²) in [6, 6.07) is -0.0555. The molecule has 0 fully saturated rings. The molecule has 1 rings (SSSR count). The zero-order valence-corrected chi connectivity index (χ0v) is 22.6. The van der Waals surface area contributed by atoms with Crippen molar-refractivity contribution >= 4 is 14.4 Å². The molecule has 0 aromatic heterocycles. The molecule has 0 bridgehead atoms. The molecule has 0 unspecified atom stereocenters. The first-order valence-corrected chi connectivity index (χ1v) is 14.3. The molecule has 6 nitrogen and oxygen atoms in total. The molecule has 0 saturated carbocycles. The van der Waals surface area contributed by atoms with Crippen LogP contribution in [0, 0.1) is 0 Å². The van der Waals surface area contributed by atoms with Crippen molar-refractivity contribution in [3.8, 4) is 0 Å². The smallest absolute Gasteiger partial charge is 0.410 e. The third-order valence-electron chi connectivity index (χ3n) is 6.13. The van der Waals surface area contributed by atoms with Gasteiger partial charge in [0.25, 0.3) is 0 Å². The van der Waals surface area contributed by atoms with Gasteiger partial charge in [-0.3, -0.25) is 9.74 Å². The first-order chi connectivity index (χ1) is 14.1. The topological polar surface area (TPSA) is 51.2 Å². The van der Waals surface area contributed by atoms with Crippen LogP contribution in [-0.2, 0) is 14.0 Å². The van der Waals surface area contributed by atoms with Crippen LogP contribution in [0.15, 0.2) is 24.3 Å². The van der Waals surface area contributed by atoms with Gasteiger partial charge in [-0.2, -0.15) is 5.06 Å². The predicted molar refractivity (Wildman–Crippen MR) is 131 cm³/mol. The highest BCUT2D eigenvalue weighted by Gasteiger charge is 2.39. The Labute approximate surface area is 191 Å². The summed E-state index contributed by atoms with van der Waals surface area (Å²) < 4.78 is 12.2. The van der Waals surface area contributed by atoms with Gasteiger partial charge in [0, 0.05) is 20.2 Å². The van der Waals surface area contributed by atoms with Crippen molar-refractivity contribution in [2.24, 2.45) is 0 Å². The zero-order valence-electron chi connectivity index (χ0n) is 21.6. The molecule has 0 N–H and O–H groups in total. The highest BCUT2D eigenvalue weighted by molar-refractivity contribution is 6.74. The Morgan fingerprint density at radius 2 is 1.90 bits per heavy atom. The number of hydrogen-bond donors (Lipinski definition) is 0. The van der Waals surface area contributed by atoms with Gasteiger partial charge in [-0.25, -0.2) is 4.79 Å². The molecule has 31 heavy (non-hydrogen) atoms. The van der Waals surface area contributed by atoms with E-state index in [9.17, 15) is 4.79 Å². The van der Waals surface area contributed by atoms with Crippen molar-refractivity contribution in [1.82, 2.24) is 9.96 Å². The largest absolute Gasteiger partial charge is 0.444 e. The number of likely N-dealkylation sites (N-methyl/N-ethyl adjacent to an activating group) is 1. The lowest BCUT2D eigenvalue weighted by Crippen LogP contribution is -2.53. The van der Waals surface area contributed by atoms with E-state index in [4.69, 9.17) is 14.0 Å². The summed E-state index contributed by atoms with van der Waals surface area (Å²) >= 11 is 0. The fraction of sp³-hybridized carbons (Fsp3) is 0.792. The average Bonchev–Trinajstić information content (AvgIpc) is 2.62. The van der Waals surface area contributed by atoms with Gasteiger partial charge in [0.2, 0.25) is 0 Å². The van der Waals surface area contributed by atoms with E-state index in [0.29, 0.717) is 19.8 Å². The lowest BCUT2D eigenvalue weighted by molar-refractivity contribution is -0.152. The Morgan fingerprint density at radius 3 is 2.39 bits per heavy atom. The second kappa shape index (κ2) is 11.1. The van der Waals surface area contributed by atoms with E-state index in [-0.39, 0.29) is 23.2 Å². The molecular formula is C24H46N2O4Si. The van der Waals surface area contributed by atoms with Crippen LogP contribution in [0.5, 0.6) is 0 Å². The molecule has 0 aliphatic carbocycles. The number of rotatable bonds is 9. The van der Waals surface area contributed by atoms with Gasteiger partial charge < -0.3 is 9.16 Å². The number of ether oxygens (including phenoxy) is 1. The minimum atomic E-state index is -1.83. The summed E-state index contributed by atoms with van der Waals surface area (Å²) in [5, 5.41) is 1.97. The summed E-state index contributed by atoms with van der Waals surface area (Å²) in [4.78, 5) is 20.7. The number of hydroxylamine groups is 2. The van der Waals surface area contributed by atoms with Gasteiger partial charge >= 0.3 is 6.09 Å². The standard InChI is InChI=1S/C24H46N2O4Si/c1-12-15-28-25(9)20-17-19(14-16-29-31(10,11)24(6,7)8)21(13-2)26(18-20)22(27)30-23(3,4)5/h12,17,20-21H,1,13-16,18H2,2-11H3/t20-,21-/m1/s1. The molecule has 0 radical (unpaired) electrons. The summed E-state index contributed by atoms with van der Waals surface area (Å²) in [5.41, 5.74) is 0.667. The van der Waals surface area contributed by atoms with Crippen molar-refractivity contribution in [3.63, 3.8) is 0 Å². The Hall–Kier alpha value is -1.15. The molecule has 180 valence electrons. The Bertz CT molecular complexity index is 634. The van der Waals surface area contributed by atoms with Crippen molar-refractivity contribution in [1.29, 1.82) is 0 Å². The van der Waals surface area contributed by atoms with E-state index in [1.807, 2.05) is 32.7 Å². The average molecular weight is 455 g/mol. The van der Waals surface area contributed by atoms with E-state index in [2.05, 4.69) is 53.4 Å². The van der Waals surface area contributed by atoms with Crippen molar-refractivity contribution in [2.75, 3.05) is 26.8 Å². The molecule has 7 heteroatoms. The Morgan fingerprint density at radius 1 is 1.29 bits per heavy atom. The maximum Gasteiger partial charge on any atom is 0.410 e. The first kappa shape index (κ1) is 27.9. The summed E-state index contributed by atoms with van der Waals surface area (Å²) in [6.45, 7) is 24.4. The lowest BCUT2D eigenvalue weighted by Gasteiger charge is -2.42. The molecule has 1 aliphatic rings. The van der Waals surface area contributed by atoms with Gasteiger partial charge in [0.05, 0.1) is 18.7 Å². The normalized spacial score (nSPS) is 20.6. The monoisotopic (exact) mass is 454 g/mol. The number of carbonyl (C=O) groups is 1. The summed E-state index contributed by atoms with van der Waals surface area (Å²) in [7, 11) is 0.0695. The molecule has 1 aliphatic heterocycles. The molecule has 0 spiro atoms. The van der Waals surface area contributed by atoms with Gasteiger partial charge in [-0.05, 0) is 57.3 Å². The van der Waals surface area contributed by atoms with Crippen molar-refractivity contribution in [3.05, 3.63) is 24.3 Å².